The fourth-order valence-electron chi connectivity index (χ4n) is 3.34. The maximum atomic E-state index is 12.4. The lowest BCUT2D eigenvalue weighted by Gasteiger charge is -2.25. The van der Waals surface area contributed by atoms with Crippen LogP contribution in [0, 0.1) is 5.41 Å². The van der Waals surface area contributed by atoms with E-state index in [0.29, 0.717) is 5.76 Å². The first-order valence-corrected chi connectivity index (χ1v) is 12.0. The van der Waals surface area contributed by atoms with Gasteiger partial charge in [0.25, 0.3) is 5.91 Å². The highest BCUT2D eigenvalue weighted by Gasteiger charge is 2.31. The smallest absolute Gasteiger partial charge is 0.257 e. The molecule has 0 aliphatic carbocycles. The first-order chi connectivity index (χ1) is 15.7. The van der Waals surface area contributed by atoms with Crippen molar-refractivity contribution in [2.75, 3.05) is 19.4 Å². The van der Waals surface area contributed by atoms with Gasteiger partial charge in [0.1, 0.15) is 11.8 Å². The summed E-state index contributed by atoms with van der Waals surface area (Å²) >= 11 is -1.74. The molecular formula is C24H33N5O4S. The Morgan fingerprint density at radius 2 is 1.94 bits per heavy atom. The predicted octanol–water partition coefficient (Wildman–Crippen LogP) is 4.87. The molecule has 1 unspecified atom stereocenters. The molecule has 0 aliphatic rings. The molecule has 2 atom stereocenters. The third-order valence-corrected chi connectivity index (χ3v) is 6.06. The topological polar surface area (TPSA) is 130 Å². The quantitative estimate of drug-likeness (QED) is 0.348. The summed E-state index contributed by atoms with van der Waals surface area (Å²) in [6.45, 7) is 12.4. The minimum Gasteiger partial charge on any atom is -0.548 e. The summed E-state index contributed by atoms with van der Waals surface area (Å²) in [5.74, 6) is 0.310. The summed E-state index contributed by atoms with van der Waals surface area (Å²) in [6, 6.07) is 6.38. The number of furan rings is 1. The van der Waals surface area contributed by atoms with Gasteiger partial charge in [0, 0.05) is 18.5 Å². The first-order valence-electron chi connectivity index (χ1n) is 10.9. The van der Waals surface area contributed by atoms with Crippen LogP contribution in [0.1, 0.15) is 69.3 Å². The molecule has 3 aromatic rings. The molecule has 3 rings (SSSR count). The average Bonchev–Trinajstić information content (AvgIpc) is 3.33. The van der Waals surface area contributed by atoms with E-state index in [0.717, 1.165) is 5.56 Å². The zero-order chi connectivity index (χ0) is 25.4. The summed E-state index contributed by atoms with van der Waals surface area (Å²) in [4.78, 5) is 18.6. The number of carbonyl (C=O) groups is 1. The normalized spacial score (nSPS) is 14.3. The van der Waals surface area contributed by atoms with Gasteiger partial charge in [-0.05, 0) is 34.6 Å². The van der Waals surface area contributed by atoms with Gasteiger partial charge in [-0.15, -0.1) is 4.37 Å². The number of aromatic nitrogens is 2. The van der Waals surface area contributed by atoms with E-state index in [1.807, 2.05) is 26.8 Å². The number of aromatic hydroxyl groups is 1. The van der Waals surface area contributed by atoms with Crippen molar-refractivity contribution in [3.8, 4) is 5.75 Å². The monoisotopic (exact) mass is 487 g/mol. The summed E-state index contributed by atoms with van der Waals surface area (Å²) in [5.41, 5.74) is 1.32. The number of benzene rings is 1. The van der Waals surface area contributed by atoms with E-state index in [2.05, 4.69) is 34.8 Å². The van der Waals surface area contributed by atoms with Gasteiger partial charge in [-0.25, -0.2) is 4.99 Å². The van der Waals surface area contributed by atoms with E-state index in [4.69, 9.17) is 9.41 Å². The fraction of sp³-hybridized carbons (Fsp3) is 0.458. The zero-order valence-corrected chi connectivity index (χ0v) is 21.7. The Balaban J connectivity index is 2.06. The average molecular weight is 488 g/mol. The molecule has 0 saturated heterocycles. The van der Waals surface area contributed by atoms with E-state index in [1.54, 1.807) is 32.5 Å². The zero-order valence-electron chi connectivity index (χ0n) is 20.9. The van der Waals surface area contributed by atoms with Gasteiger partial charge in [0.05, 0.1) is 17.5 Å². The van der Waals surface area contributed by atoms with Crippen molar-refractivity contribution in [3.63, 3.8) is 0 Å². The van der Waals surface area contributed by atoms with Gasteiger partial charge in [0.15, 0.2) is 16.9 Å². The van der Waals surface area contributed by atoms with Gasteiger partial charge in [0.2, 0.25) is 11.3 Å². The van der Waals surface area contributed by atoms with Crippen LogP contribution in [0.3, 0.4) is 0 Å². The number of H-pyrrole nitrogens is 1. The largest absolute Gasteiger partial charge is 0.548 e. The second-order valence-electron chi connectivity index (χ2n) is 10.6. The molecule has 34 heavy (non-hydrogen) atoms. The summed E-state index contributed by atoms with van der Waals surface area (Å²) in [5, 5.41) is 13.6. The highest BCUT2D eigenvalue weighted by atomic mass is 32.2. The SMILES string of the molecule is CN(C)C(=O)c1cccc(Nc2n[s+]([O-])[nH]c2=N[C@@H](c2cc(C(C)(C)C)co2)C(C)(C)C)c1O. The van der Waals surface area contributed by atoms with E-state index in [1.165, 1.54) is 11.0 Å². The Hall–Kier alpha value is -3.11. The number of aromatic amines is 1. The number of rotatable bonds is 5. The number of amides is 1. The lowest BCUT2D eigenvalue weighted by Crippen LogP contribution is -2.22. The molecule has 1 aromatic carbocycles. The van der Waals surface area contributed by atoms with Crippen LogP contribution < -0.4 is 10.8 Å². The number of nitrogens with one attached hydrogen (secondary N) is 2. The number of hydrogen-bond acceptors (Lipinski definition) is 7. The van der Waals surface area contributed by atoms with E-state index in [-0.39, 0.29) is 45.0 Å². The van der Waals surface area contributed by atoms with Crippen LogP contribution in [-0.4, -0.2) is 43.3 Å². The van der Waals surface area contributed by atoms with E-state index < -0.39 is 17.2 Å². The molecule has 1 amide bonds. The number of nitrogens with zero attached hydrogens (tertiary/aromatic N) is 3. The highest BCUT2D eigenvalue weighted by molar-refractivity contribution is 7.13. The van der Waals surface area contributed by atoms with E-state index >= 15 is 0 Å². The number of phenols is 1. The fourth-order valence-corrected chi connectivity index (χ4v) is 4.00. The van der Waals surface area contributed by atoms with Crippen molar-refractivity contribution in [1.82, 2.24) is 13.6 Å². The van der Waals surface area contributed by atoms with Gasteiger partial charge >= 0.3 is 0 Å². The van der Waals surface area contributed by atoms with Crippen molar-refractivity contribution in [2.45, 2.75) is 53.0 Å². The van der Waals surface area contributed by atoms with Gasteiger partial charge in [-0.2, -0.15) is 0 Å². The second kappa shape index (κ2) is 9.27. The van der Waals surface area contributed by atoms with Crippen LogP contribution >= 0.6 is 11.1 Å². The minimum atomic E-state index is -1.74. The van der Waals surface area contributed by atoms with Crippen LogP contribution in [0.25, 0.3) is 0 Å². The molecule has 0 bridgehead atoms. The molecule has 184 valence electrons. The van der Waals surface area contributed by atoms with Crippen molar-refractivity contribution < 1.29 is 18.9 Å². The molecule has 9 nitrogen and oxygen atoms in total. The Bertz CT molecular complexity index is 1240. The maximum Gasteiger partial charge on any atom is 0.257 e. The molecule has 10 heteroatoms. The molecule has 0 saturated carbocycles. The standard InChI is InChI=1S/C24H33N5O4S/c1-23(2,3)14-12-17(33-13-14)19(24(4,5)6)26-21-20(27-34(32)28-21)25-16-11-9-10-15(18(16)30)22(31)29(7)8/h9-13,19,30H,1-8H3,(H,25,27)(H,26,28)/t19-,34?/m0/s1. The minimum absolute atomic E-state index is 0.0782. The molecule has 0 spiro atoms. The van der Waals surface area contributed by atoms with Gasteiger partial charge < -0.3 is 24.3 Å². The number of carbonyl (C=O) groups excluding carboxylic acids is 1. The second-order valence-corrected chi connectivity index (χ2v) is 11.4. The summed E-state index contributed by atoms with van der Waals surface area (Å²) in [6.07, 6.45) is 1.74. The Kier molecular flexibility index (Phi) is 6.95. The summed E-state index contributed by atoms with van der Waals surface area (Å²) in [7, 11) is 3.21. The maximum absolute atomic E-state index is 12.4. The van der Waals surface area contributed by atoms with Crippen LogP contribution in [0.15, 0.2) is 39.9 Å². The van der Waals surface area contributed by atoms with Gasteiger partial charge in [-0.1, -0.05) is 47.6 Å². The van der Waals surface area contributed by atoms with Crippen molar-refractivity contribution in [2.24, 2.45) is 10.4 Å². The molecule has 2 aromatic heterocycles. The molecular weight excluding hydrogens is 454 g/mol. The lowest BCUT2D eigenvalue weighted by molar-refractivity contribution is 0.0824. The van der Waals surface area contributed by atoms with Crippen molar-refractivity contribution in [3.05, 3.63) is 52.9 Å². The Morgan fingerprint density at radius 3 is 2.50 bits per heavy atom. The lowest BCUT2D eigenvalue weighted by atomic mass is 9.84. The predicted molar refractivity (Wildman–Crippen MR) is 132 cm³/mol. The number of anilines is 2. The Labute approximate surface area is 202 Å². The first kappa shape index (κ1) is 25.5. The molecule has 0 fully saturated rings. The number of para-hydroxylation sites is 1. The van der Waals surface area contributed by atoms with Crippen LogP contribution in [0.2, 0.25) is 0 Å². The number of hydrogen-bond donors (Lipinski definition) is 3. The van der Waals surface area contributed by atoms with E-state index in [9.17, 15) is 14.5 Å². The van der Waals surface area contributed by atoms with Crippen LogP contribution in [0.5, 0.6) is 5.75 Å². The molecule has 0 radical (unpaired) electrons. The molecule has 0 aliphatic heterocycles. The number of phenolic OH excluding ortho intramolecular Hbond substituents is 1. The van der Waals surface area contributed by atoms with Crippen LogP contribution in [0.4, 0.5) is 11.5 Å². The summed E-state index contributed by atoms with van der Waals surface area (Å²) < 4.78 is 25.0. The van der Waals surface area contributed by atoms with Crippen molar-refractivity contribution in [1.29, 1.82) is 0 Å². The third kappa shape index (κ3) is 5.51. The molecule has 2 heterocycles. The van der Waals surface area contributed by atoms with Gasteiger partial charge in [-0.3, -0.25) is 4.79 Å². The van der Waals surface area contributed by atoms with Crippen LogP contribution in [-0.2, 0) is 5.41 Å². The van der Waals surface area contributed by atoms with Crippen molar-refractivity contribution >= 4 is 28.6 Å². The molecule has 3 N–H and O–H groups in total. The Morgan fingerprint density at radius 1 is 1.26 bits per heavy atom. The third-order valence-electron chi connectivity index (χ3n) is 5.34. The highest BCUT2D eigenvalue weighted by Crippen LogP contribution is 2.38.